The van der Waals surface area contributed by atoms with Crippen molar-refractivity contribution >= 4 is 43.7 Å². The quantitative estimate of drug-likeness (QED) is 0.0593. The van der Waals surface area contributed by atoms with Gasteiger partial charge in [0.15, 0.2) is 0 Å². The second kappa shape index (κ2) is 48.6. The maximum atomic E-state index is 12.7. The Morgan fingerprint density at radius 3 is 0.855 bits per heavy atom. The van der Waals surface area contributed by atoms with Gasteiger partial charge in [-0.15, -0.1) is 0 Å². The van der Waals surface area contributed by atoms with E-state index in [-0.39, 0.29) is 16.9 Å². The van der Waals surface area contributed by atoms with Crippen LogP contribution in [0.2, 0.25) is 0 Å². The number of benzene rings is 14. The molecule has 17 aromatic rings. The second-order valence-electron chi connectivity index (χ2n) is 33.1. The molecule has 672 valence electrons. The van der Waals surface area contributed by atoms with Crippen molar-refractivity contribution in [1.82, 2.24) is 0 Å². The molecule has 0 saturated carbocycles. The summed E-state index contributed by atoms with van der Waals surface area (Å²) in [6.45, 7) is 40.4. The third kappa shape index (κ3) is 24.7. The number of fused-ring (bicyclic) bond motifs is 4. The van der Waals surface area contributed by atoms with Gasteiger partial charge in [0.25, 0.3) is 0 Å². The molecule has 6 heteroatoms. The van der Waals surface area contributed by atoms with Gasteiger partial charge in [0.2, 0.25) is 0 Å². The Hall–Kier alpha value is -13.0. The van der Waals surface area contributed by atoms with Crippen LogP contribution in [-0.4, -0.2) is 0 Å². The fourth-order valence-corrected chi connectivity index (χ4v) is 16.9. The van der Waals surface area contributed by atoms with Crippen molar-refractivity contribution in [1.29, 1.82) is 0 Å². The van der Waals surface area contributed by atoms with Gasteiger partial charge in [-0.2, -0.15) is 0 Å². The molecule has 0 radical (unpaired) electrons. The van der Waals surface area contributed by atoms with Crippen LogP contribution in [0.25, 0.3) is 133 Å². The van der Waals surface area contributed by atoms with Gasteiger partial charge < -0.3 is 13.3 Å². The van der Waals surface area contributed by atoms with E-state index in [1.54, 1.807) is 0 Å². The highest BCUT2D eigenvalue weighted by Gasteiger charge is 2.18. The molecule has 0 aliphatic carbocycles. The van der Waals surface area contributed by atoms with Crippen LogP contribution in [0.4, 0.5) is 0 Å². The Morgan fingerprint density at radius 2 is 0.473 bits per heavy atom. The summed E-state index contributed by atoms with van der Waals surface area (Å²) >= 11 is 0. The Kier molecular flexibility index (Phi) is 36.5. The molecule has 3 aromatic heterocycles. The van der Waals surface area contributed by atoms with Crippen molar-refractivity contribution in [3.63, 3.8) is 0 Å². The lowest BCUT2D eigenvalue weighted by Gasteiger charge is -2.12. The molecule has 0 aliphatic heterocycles. The van der Waals surface area contributed by atoms with E-state index < -0.39 is 0 Å². The average molecular weight is 1730 g/mol. The molecule has 131 heavy (non-hydrogen) atoms. The summed E-state index contributed by atoms with van der Waals surface area (Å²) in [5, 5.41) is 5.36. The van der Waals surface area contributed by atoms with Crippen LogP contribution in [0.5, 0.6) is 0 Å². The van der Waals surface area contributed by atoms with Crippen molar-refractivity contribution in [2.75, 3.05) is 0 Å². The maximum absolute atomic E-state index is 12.7. The Morgan fingerprint density at radius 1 is 0.176 bits per heavy atom. The lowest BCUT2D eigenvalue weighted by molar-refractivity contribution is 0.559. The van der Waals surface area contributed by atoms with Crippen molar-refractivity contribution in [3.05, 3.63) is 412 Å². The summed E-state index contributed by atoms with van der Waals surface area (Å²) in [5.74, 6) is 0. The Labute approximate surface area is 780 Å². The molecule has 14 aromatic carbocycles. The van der Waals surface area contributed by atoms with Crippen molar-refractivity contribution in [2.45, 2.75) is 228 Å². The van der Waals surface area contributed by atoms with Crippen LogP contribution in [0.1, 0.15) is 215 Å². The van der Waals surface area contributed by atoms with Crippen LogP contribution in [-0.2, 0) is 96.3 Å². The van der Waals surface area contributed by atoms with Gasteiger partial charge in [-0.25, -0.2) is 14.4 Å². The molecular formula is C125H136O6. The monoisotopic (exact) mass is 1730 g/mol. The summed E-state index contributed by atoms with van der Waals surface area (Å²) in [7, 11) is 0. The summed E-state index contributed by atoms with van der Waals surface area (Å²) in [6, 6.07) is 106. The van der Waals surface area contributed by atoms with E-state index in [4.69, 9.17) is 13.3 Å². The first-order valence-corrected chi connectivity index (χ1v) is 48.6. The molecule has 17 rings (SSSR count). The van der Waals surface area contributed by atoms with E-state index in [2.05, 4.69) is 340 Å². The minimum atomic E-state index is -0.279. The molecular weight excluding hydrogens is 1600 g/mol. The van der Waals surface area contributed by atoms with E-state index in [0.29, 0.717) is 27.9 Å². The molecule has 3 heterocycles. The zero-order valence-electron chi connectivity index (χ0n) is 81.3. The molecule has 6 nitrogen and oxygen atoms in total. The van der Waals surface area contributed by atoms with E-state index in [0.717, 1.165) is 146 Å². The van der Waals surface area contributed by atoms with Crippen LogP contribution in [0.3, 0.4) is 0 Å². The standard InChI is InChI=1S/C30H30.C25H24O2.C24H26.2C21H22O2.2C2H6/c1-4-22-7-13-25(14-8-22)28-19-29(26-15-9-23(5-2)10-16-26)21-30(20-28)27-17-11-24(6-3)12-18-27;1-4-16-7-8-20-13-21(10-9-19(20)11-16)23-14-22-12-17(5-2)18(6-3)15-24(22)27-25(23)26;1-4-18-7-11-21(12-8-18)23-15-20(6-3)16-24(17-23)22-13-9-19(5-2)10-14-22;1-4-14-7-9-17(10-8-14)19-13-18-16(6-3)11-15(5-2)12-20(18)23-21(19)22;1-4-14-7-9-16(10-8-14)19-13-17-12-11-15(5-2)18(6-3)20(17)23-21(19)22;2*1-2/h7-21H,4-6H2,1-3H3;7-15H,4-6H2,1-3H3;7-17H,4-6H2,1-3H3;2*7-13H,4-6H2,1-3H3;2*1-2H3. The lowest BCUT2D eigenvalue weighted by atomic mass is 9.92. The zero-order chi connectivity index (χ0) is 93.6. The summed E-state index contributed by atoms with van der Waals surface area (Å²) in [5.41, 5.74) is 38.3. The summed E-state index contributed by atoms with van der Waals surface area (Å²) in [6.07, 6.45) is 15.0. The summed E-state index contributed by atoms with van der Waals surface area (Å²) < 4.78 is 17.0. The minimum Gasteiger partial charge on any atom is -0.422 e. The summed E-state index contributed by atoms with van der Waals surface area (Å²) in [4.78, 5) is 37.6. The Balaban J connectivity index is 0.000000157. The number of rotatable bonds is 23. The van der Waals surface area contributed by atoms with Gasteiger partial charge in [-0.3, -0.25) is 0 Å². The SMILES string of the molecule is CC.CC.CCc1ccc(-c2cc(-c3ccc(CC)cc3)cc(-c3ccc(CC)cc3)c2)cc1.CCc1ccc(-c2cc(CC)cc(-c3ccc(CC)cc3)c2)cc1.CCc1ccc(-c2cc3c(CC)cc(CC)cc3oc2=O)cc1.CCc1ccc(-c2cc3ccc(CC)c(CC)c3oc2=O)cc1.CCc1ccc2cc(-c3cc4cc(CC)c(CC)cc4oc3=O)ccc2c1. The molecule has 0 spiro atoms. The van der Waals surface area contributed by atoms with Gasteiger partial charge in [0.1, 0.15) is 16.7 Å². The van der Waals surface area contributed by atoms with E-state index >= 15 is 0 Å². The van der Waals surface area contributed by atoms with Gasteiger partial charge in [-0.05, 0) is 330 Å². The number of hydrogen-bond acceptors (Lipinski definition) is 6. The predicted octanol–water partition coefficient (Wildman–Crippen LogP) is 33.7. The molecule has 0 fully saturated rings. The van der Waals surface area contributed by atoms with E-state index in [1.807, 2.05) is 88.4 Å². The third-order valence-electron chi connectivity index (χ3n) is 25.2. The lowest BCUT2D eigenvalue weighted by Crippen LogP contribution is -2.05. The first-order chi connectivity index (χ1) is 63.9. The van der Waals surface area contributed by atoms with E-state index in [1.165, 1.54) is 139 Å². The molecule has 0 saturated heterocycles. The second-order valence-corrected chi connectivity index (χ2v) is 33.1. The van der Waals surface area contributed by atoms with Crippen molar-refractivity contribution in [3.8, 4) is 89.0 Å². The van der Waals surface area contributed by atoms with Crippen LogP contribution in [0, 0.1) is 0 Å². The largest absolute Gasteiger partial charge is 0.422 e. The fourth-order valence-electron chi connectivity index (χ4n) is 16.9. The number of aryl methyl sites for hydroxylation is 15. The molecule has 0 N–H and O–H groups in total. The van der Waals surface area contributed by atoms with Gasteiger partial charge in [0.05, 0.1) is 16.7 Å². The van der Waals surface area contributed by atoms with Gasteiger partial charge >= 0.3 is 16.9 Å². The molecule has 0 atom stereocenters. The van der Waals surface area contributed by atoms with Crippen molar-refractivity contribution < 1.29 is 13.3 Å². The normalized spacial score (nSPS) is 10.8. The molecule has 0 unspecified atom stereocenters. The van der Waals surface area contributed by atoms with Crippen LogP contribution < -0.4 is 16.9 Å². The first kappa shape index (κ1) is 98.6. The van der Waals surface area contributed by atoms with Crippen LogP contribution in [0.15, 0.2) is 325 Å². The first-order valence-electron chi connectivity index (χ1n) is 48.6. The van der Waals surface area contributed by atoms with Gasteiger partial charge in [-0.1, -0.05) is 362 Å². The zero-order valence-corrected chi connectivity index (χ0v) is 81.3. The van der Waals surface area contributed by atoms with Crippen molar-refractivity contribution in [2.24, 2.45) is 0 Å². The van der Waals surface area contributed by atoms with Gasteiger partial charge in [0, 0.05) is 16.2 Å². The fraction of sp³-hybridized carbons (Fsp3) is 0.272. The smallest absolute Gasteiger partial charge is 0.344 e. The minimum absolute atomic E-state index is 0.260. The van der Waals surface area contributed by atoms with Crippen LogP contribution >= 0.6 is 0 Å². The molecule has 0 amide bonds. The maximum Gasteiger partial charge on any atom is 0.344 e. The van der Waals surface area contributed by atoms with E-state index in [9.17, 15) is 14.4 Å². The highest BCUT2D eigenvalue weighted by Crippen LogP contribution is 2.37. The average Bonchev–Trinajstić information content (AvgIpc) is 0.821. The third-order valence-corrected chi connectivity index (χ3v) is 25.2. The highest BCUT2D eigenvalue weighted by molar-refractivity contribution is 5.91. The Bertz CT molecular complexity index is 6550. The molecule has 0 bridgehead atoms. The highest BCUT2D eigenvalue weighted by atomic mass is 16.4. The topological polar surface area (TPSA) is 90.6 Å². The number of hydrogen-bond donors (Lipinski definition) is 0. The molecule has 0 aliphatic rings. The predicted molar refractivity (Wildman–Crippen MR) is 565 cm³/mol.